The van der Waals surface area contributed by atoms with Crippen LogP contribution in [0.3, 0.4) is 0 Å². The topological polar surface area (TPSA) is 54.2 Å². The average molecular weight is 156 g/mol. The highest BCUT2D eigenvalue weighted by Crippen LogP contribution is 2.01. The van der Waals surface area contributed by atoms with Crippen molar-refractivity contribution in [2.45, 2.75) is 19.6 Å². The van der Waals surface area contributed by atoms with Gasteiger partial charge in [0.25, 0.3) is 0 Å². The zero-order valence-corrected chi connectivity index (χ0v) is 6.74. The maximum absolute atomic E-state index is 9.12. The van der Waals surface area contributed by atoms with Crippen LogP contribution in [0.4, 0.5) is 0 Å². The first kappa shape index (κ1) is 8.20. The van der Waals surface area contributed by atoms with E-state index >= 15 is 0 Å². The van der Waals surface area contributed by atoms with Gasteiger partial charge in [0.1, 0.15) is 0 Å². The Morgan fingerprint density at radius 2 is 2.36 bits per heavy atom. The van der Waals surface area contributed by atoms with E-state index in [1.54, 1.807) is 7.11 Å². The van der Waals surface area contributed by atoms with Crippen molar-refractivity contribution in [1.82, 2.24) is 0 Å². The van der Waals surface area contributed by atoms with Gasteiger partial charge in [-0.05, 0) is 6.92 Å². The van der Waals surface area contributed by atoms with E-state index in [4.69, 9.17) is 9.84 Å². The molecule has 0 saturated carbocycles. The van der Waals surface area contributed by atoms with Gasteiger partial charge in [0.05, 0.1) is 20.1 Å². The molecule has 1 rings (SSSR count). The minimum absolute atomic E-state index is 0.306. The highest BCUT2D eigenvalue weighted by Gasteiger charge is 2.09. The predicted molar refractivity (Wildman–Crippen MR) is 43.0 cm³/mol. The monoisotopic (exact) mass is 156 g/mol. The summed E-state index contributed by atoms with van der Waals surface area (Å²) in [6.07, 6.45) is -0.0873. The Labute approximate surface area is 65.6 Å². The molecular weight excluding hydrogens is 144 g/mol. The summed E-state index contributed by atoms with van der Waals surface area (Å²) in [7, 11) is 1.57. The second-order valence-corrected chi connectivity index (χ2v) is 2.46. The molecule has 1 heterocycles. The standard InChI is InChI=1S/C7H12N2O2/c1-5-3-7(11-2)8-4-6(10)9-5/h6,10H,3-4H2,1-2H3. The van der Waals surface area contributed by atoms with Gasteiger partial charge < -0.3 is 9.84 Å². The van der Waals surface area contributed by atoms with Crippen LogP contribution >= 0.6 is 0 Å². The lowest BCUT2D eigenvalue weighted by Gasteiger charge is -1.99. The molecule has 4 heteroatoms. The SMILES string of the molecule is COC1=NCC(O)N=C(C)C1. The Kier molecular flexibility index (Phi) is 2.59. The van der Waals surface area contributed by atoms with Gasteiger partial charge in [0.15, 0.2) is 12.1 Å². The fourth-order valence-corrected chi connectivity index (χ4v) is 0.936. The Morgan fingerprint density at radius 3 is 3.00 bits per heavy atom. The Bertz CT molecular complexity index is 199. The van der Waals surface area contributed by atoms with Crippen LogP contribution < -0.4 is 0 Å². The van der Waals surface area contributed by atoms with Crippen molar-refractivity contribution in [3.05, 3.63) is 0 Å². The van der Waals surface area contributed by atoms with Gasteiger partial charge in [-0.2, -0.15) is 0 Å². The molecule has 0 bridgehead atoms. The fourth-order valence-electron chi connectivity index (χ4n) is 0.936. The number of hydrogen-bond acceptors (Lipinski definition) is 4. The van der Waals surface area contributed by atoms with Crippen LogP contribution in [0.1, 0.15) is 13.3 Å². The first-order valence-electron chi connectivity index (χ1n) is 3.51. The van der Waals surface area contributed by atoms with Crippen molar-refractivity contribution in [2.75, 3.05) is 13.7 Å². The summed E-state index contributed by atoms with van der Waals surface area (Å²) in [5.41, 5.74) is 0.857. The average Bonchev–Trinajstić information content (AvgIpc) is 2.11. The molecule has 1 unspecified atom stereocenters. The molecule has 1 atom stereocenters. The molecule has 0 spiro atoms. The molecular formula is C7H12N2O2. The molecule has 1 aliphatic rings. The van der Waals surface area contributed by atoms with Crippen molar-refractivity contribution < 1.29 is 9.84 Å². The normalized spacial score (nSPS) is 25.2. The van der Waals surface area contributed by atoms with E-state index in [1.165, 1.54) is 0 Å². The zero-order valence-electron chi connectivity index (χ0n) is 6.74. The number of hydrogen-bond donors (Lipinski definition) is 1. The van der Waals surface area contributed by atoms with Crippen LogP contribution in [0.15, 0.2) is 9.98 Å². The van der Waals surface area contributed by atoms with E-state index in [1.807, 2.05) is 6.92 Å². The molecule has 0 radical (unpaired) electrons. The lowest BCUT2D eigenvalue weighted by atomic mass is 10.3. The number of aliphatic imine (C=N–C) groups is 2. The van der Waals surface area contributed by atoms with Crippen LogP contribution in [-0.2, 0) is 4.74 Å². The second kappa shape index (κ2) is 3.48. The largest absolute Gasteiger partial charge is 0.484 e. The van der Waals surface area contributed by atoms with Crippen LogP contribution in [0, 0.1) is 0 Å². The molecule has 0 aliphatic carbocycles. The number of aliphatic hydroxyl groups is 1. The summed E-state index contributed by atoms with van der Waals surface area (Å²) in [5, 5.41) is 9.12. The molecule has 1 aliphatic heterocycles. The lowest BCUT2D eigenvalue weighted by molar-refractivity contribution is 0.193. The van der Waals surface area contributed by atoms with Gasteiger partial charge in [-0.15, -0.1) is 0 Å². The summed E-state index contributed by atoms with van der Waals surface area (Å²) in [6, 6.07) is 0. The lowest BCUT2D eigenvalue weighted by Crippen LogP contribution is -2.07. The van der Waals surface area contributed by atoms with Gasteiger partial charge >= 0.3 is 0 Å². The van der Waals surface area contributed by atoms with Crippen molar-refractivity contribution >= 4 is 11.6 Å². The zero-order chi connectivity index (χ0) is 8.27. The summed E-state index contributed by atoms with van der Waals surface area (Å²) >= 11 is 0. The minimum atomic E-state index is -0.692. The molecule has 0 aromatic heterocycles. The molecule has 1 N–H and O–H groups in total. The van der Waals surface area contributed by atoms with Crippen molar-refractivity contribution in [3.8, 4) is 0 Å². The second-order valence-electron chi connectivity index (χ2n) is 2.46. The number of ether oxygens (including phenoxy) is 1. The fraction of sp³-hybridized carbons (Fsp3) is 0.714. The van der Waals surface area contributed by atoms with Crippen molar-refractivity contribution in [2.24, 2.45) is 9.98 Å². The Hall–Kier alpha value is -0.900. The summed E-state index contributed by atoms with van der Waals surface area (Å²) in [6.45, 7) is 2.16. The molecule has 0 aromatic rings. The van der Waals surface area contributed by atoms with Gasteiger partial charge in [0.2, 0.25) is 0 Å². The first-order valence-corrected chi connectivity index (χ1v) is 3.51. The van der Waals surface area contributed by atoms with Crippen LogP contribution in [0.2, 0.25) is 0 Å². The van der Waals surface area contributed by atoms with Crippen molar-refractivity contribution in [3.63, 3.8) is 0 Å². The molecule has 0 aromatic carbocycles. The smallest absolute Gasteiger partial charge is 0.188 e. The maximum atomic E-state index is 9.12. The maximum Gasteiger partial charge on any atom is 0.188 e. The van der Waals surface area contributed by atoms with Crippen LogP contribution in [0.5, 0.6) is 0 Å². The third kappa shape index (κ3) is 2.31. The third-order valence-electron chi connectivity index (χ3n) is 1.44. The summed E-state index contributed by atoms with van der Waals surface area (Å²) in [4.78, 5) is 7.96. The molecule has 0 saturated heterocycles. The van der Waals surface area contributed by atoms with Gasteiger partial charge in [0, 0.05) is 5.71 Å². The van der Waals surface area contributed by atoms with E-state index in [0.717, 1.165) is 5.71 Å². The number of methoxy groups -OCH3 is 1. The molecule has 11 heavy (non-hydrogen) atoms. The Balaban J connectivity index is 2.69. The van der Waals surface area contributed by atoms with E-state index in [-0.39, 0.29) is 0 Å². The number of aliphatic hydroxyl groups excluding tert-OH is 1. The van der Waals surface area contributed by atoms with E-state index in [2.05, 4.69) is 9.98 Å². The summed E-state index contributed by atoms with van der Waals surface area (Å²) < 4.78 is 4.95. The van der Waals surface area contributed by atoms with Crippen molar-refractivity contribution in [1.29, 1.82) is 0 Å². The van der Waals surface area contributed by atoms with Gasteiger partial charge in [-0.3, -0.25) is 9.98 Å². The summed E-state index contributed by atoms with van der Waals surface area (Å²) in [5.74, 6) is 0.641. The molecule has 0 fully saturated rings. The predicted octanol–water partition coefficient (Wildman–Crippen LogP) is 0.214. The third-order valence-corrected chi connectivity index (χ3v) is 1.44. The molecule has 0 amide bonds. The number of nitrogens with zero attached hydrogens (tertiary/aromatic N) is 2. The van der Waals surface area contributed by atoms with Gasteiger partial charge in [-0.25, -0.2) is 0 Å². The molecule has 4 nitrogen and oxygen atoms in total. The number of rotatable bonds is 0. The quantitative estimate of drug-likeness (QED) is 0.545. The Morgan fingerprint density at radius 1 is 1.64 bits per heavy atom. The molecule has 62 valence electrons. The van der Waals surface area contributed by atoms with E-state index in [9.17, 15) is 0 Å². The van der Waals surface area contributed by atoms with E-state index in [0.29, 0.717) is 18.9 Å². The first-order chi connectivity index (χ1) is 5.22. The van der Waals surface area contributed by atoms with E-state index < -0.39 is 6.23 Å². The van der Waals surface area contributed by atoms with Crippen LogP contribution in [-0.4, -0.2) is 36.6 Å². The highest BCUT2D eigenvalue weighted by atomic mass is 16.5. The van der Waals surface area contributed by atoms with Gasteiger partial charge in [-0.1, -0.05) is 0 Å². The minimum Gasteiger partial charge on any atom is -0.484 e. The van der Waals surface area contributed by atoms with Crippen LogP contribution in [0.25, 0.3) is 0 Å². The highest BCUT2D eigenvalue weighted by molar-refractivity contribution is 6.00.